The van der Waals surface area contributed by atoms with Gasteiger partial charge in [0.2, 0.25) is 11.8 Å². The second-order valence-electron chi connectivity index (χ2n) is 6.12. The molecule has 1 saturated heterocycles. The highest BCUT2D eigenvalue weighted by atomic mass is 35.5. The zero-order valence-electron chi connectivity index (χ0n) is 13.4. The summed E-state index contributed by atoms with van der Waals surface area (Å²) in [4.78, 5) is 0. The molecule has 0 spiro atoms. The smallest absolute Gasteiger partial charge is 0.247 e. The fraction of sp³-hybridized carbons (Fsp3) is 0.263. The lowest BCUT2D eigenvalue weighted by atomic mass is 9.74. The molecule has 1 aliphatic heterocycles. The van der Waals surface area contributed by atoms with Gasteiger partial charge in [0, 0.05) is 23.8 Å². The standard InChI is InChI=1S/C19H16ClFN2O2/c20-15-3-1-2-14(12-15)19(8-10-24-11-9-19)18-23-22-17(25-18)13-4-6-16(21)7-5-13/h1-7,12H,8-11H2. The SMILES string of the molecule is Fc1ccc(-c2nnc(C3(c4cccc(Cl)c4)CCOCC3)o2)cc1. The van der Waals surface area contributed by atoms with Crippen molar-refractivity contribution in [2.24, 2.45) is 0 Å². The van der Waals surface area contributed by atoms with Gasteiger partial charge in [-0.05, 0) is 54.8 Å². The zero-order valence-corrected chi connectivity index (χ0v) is 14.2. The fourth-order valence-corrected chi connectivity index (χ4v) is 3.45. The molecule has 0 amide bonds. The Morgan fingerprint density at radius 3 is 2.48 bits per heavy atom. The second-order valence-corrected chi connectivity index (χ2v) is 6.56. The van der Waals surface area contributed by atoms with Crippen LogP contribution in [0.15, 0.2) is 52.9 Å². The van der Waals surface area contributed by atoms with E-state index in [1.54, 1.807) is 12.1 Å². The van der Waals surface area contributed by atoms with Crippen molar-refractivity contribution in [1.82, 2.24) is 10.2 Å². The average molecular weight is 359 g/mol. The number of halogens is 2. The summed E-state index contributed by atoms with van der Waals surface area (Å²) in [6.45, 7) is 1.22. The van der Waals surface area contributed by atoms with Crippen LogP contribution in [0.5, 0.6) is 0 Å². The average Bonchev–Trinajstić information content (AvgIpc) is 3.13. The molecule has 128 valence electrons. The summed E-state index contributed by atoms with van der Waals surface area (Å²) in [5.74, 6) is 0.614. The van der Waals surface area contributed by atoms with E-state index in [1.165, 1.54) is 12.1 Å². The van der Waals surface area contributed by atoms with Crippen molar-refractivity contribution in [1.29, 1.82) is 0 Å². The van der Waals surface area contributed by atoms with E-state index in [0.717, 1.165) is 18.4 Å². The lowest BCUT2D eigenvalue weighted by molar-refractivity contribution is 0.0546. The first-order valence-electron chi connectivity index (χ1n) is 8.11. The summed E-state index contributed by atoms with van der Waals surface area (Å²) in [5.41, 5.74) is 1.31. The van der Waals surface area contributed by atoms with E-state index in [1.807, 2.05) is 24.3 Å². The Balaban J connectivity index is 1.77. The van der Waals surface area contributed by atoms with Crippen molar-refractivity contribution in [3.8, 4) is 11.5 Å². The maximum Gasteiger partial charge on any atom is 0.247 e. The molecule has 3 aromatic rings. The first-order valence-corrected chi connectivity index (χ1v) is 8.49. The highest BCUT2D eigenvalue weighted by Crippen LogP contribution is 2.41. The van der Waals surface area contributed by atoms with Crippen LogP contribution in [0.3, 0.4) is 0 Å². The van der Waals surface area contributed by atoms with E-state index >= 15 is 0 Å². The van der Waals surface area contributed by atoms with Crippen LogP contribution >= 0.6 is 11.6 Å². The molecule has 4 nitrogen and oxygen atoms in total. The summed E-state index contributed by atoms with van der Waals surface area (Å²) in [6.07, 6.45) is 1.47. The Morgan fingerprint density at radius 2 is 1.76 bits per heavy atom. The molecule has 4 rings (SSSR count). The van der Waals surface area contributed by atoms with Crippen molar-refractivity contribution >= 4 is 11.6 Å². The van der Waals surface area contributed by atoms with E-state index < -0.39 is 5.41 Å². The van der Waals surface area contributed by atoms with E-state index in [4.69, 9.17) is 20.8 Å². The summed E-state index contributed by atoms with van der Waals surface area (Å²) >= 11 is 6.20. The molecule has 0 aliphatic carbocycles. The largest absolute Gasteiger partial charge is 0.420 e. The fourth-order valence-electron chi connectivity index (χ4n) is 3.26. The van der Waals surface area contributed by atoms with Crippen molar-refractivity contribution in [2.75, 3.05) is 13.2 Å². The molecule has 25 heavy (non-hydrogen) atoms. The Kier molecular flexibility index (Phi) is 4.27. The molecule has 2 heterocycles. The summed E-state index contributed by atoms with van der Waals surface area (Å²) in [5, 5.41) is 9.15. The van der Waals surface area contributed by atoms with Gasteiger partial charge in [0.25, 0.3) is 0 Å². The first-order chi connectivity index (χ1) is 12.2. The normalized spacial score (nSPS) is 16.7. The molecule has 1 fully saturated rings. The number of benzene rings is 2. The number of nitrogens with zero attached hydrogens (tertiary/aromatic N) is 2. The molecular weight excluding hydrogens is 343 g/mol. The van der Waals surface area contributed by atoms with Crippen molar-refractivity contribution < 1.29 is 13.5 Å². The molecule has 0 bridgehead atoms. The molecule has 1 aromatic heterocycles. The summed E-state index contributed by atoms with van der Waals surface area (Å²) < 4.78 is 24.7. The van der Waals surface area contributed by atoms with Gasteiger partial charge in [0.1, 0.15) is 5.82 Å². The van der Waals surface area contributed by atoms with Gasteiger partial charge in [-0.2, -0.15) is 0 Å². The highest BCUT2D eigenvalue weighted by Gasteiger charge is 2.41. The third-order valence-electron chi connectivity index (χ3n) is 4.65. The lowest BCUT2D eigenvalue weighted by Crippen LogP contribution is -2.35. The summed E-state index contributed by atoms with van der Waals surface area (Å²) in [6, 6.07) is 13.7. The van der Waals surface area contributed by atoms with Gasteiger partial charge in [-0.1, -0.05) is 23.7 Å². The molecule has 0 N–H and O–H groups in total. The van der Waals surface area contributed by atoms with Crippen LogP contribution in [-0.2, 0) is 10.2 Å². The molecule has 6 heteroatoms. The number of ether oxygens (including phenoxy) is 1. The van der Waals surface area contributed by atoms with Gasteiger partial charge < -0.3 is 9.15 Å². The molecule has 0 saturated carbocycles. The minimum absolute atomic E-state index is 0.302. The van der Waals surface area contributed by atoms with Crippen molar-refractivity contribution in [3.63, 3.8) is 0 Å². The molecule has 0 radical (unpaired) electrons. The third-order valence-corrected chi connectivity index (χ3v) is 4.88. The van der Waals surface area contributed by atoms with Crippen molar-refractivity contribution in [3.05, 3.63) is 70.8 Å². The minimum Gasteiger partial charge on any atom is -0.420 e. The minimum atomic E-state index is -0.422. The highest BCUT2D eigenvalue weighted by molar-refractivity contribution is 6.30. The second kappa shape index (κ2) is 6.58. The van der Waals surface area contributed by atoms with Crippen LogP contribution in [0.2, 0.25) is 5.02 Å². The van der Waals surface area contributed by atoms with Gasteiger partial charge in [0.15, 0.2) is 0 Å². The van der Waals surface area contributed by atoms with Gasteiger partial charge in [0.05, 0.1) is 5.41 Å². The third kappa shape index (κ3) is 3.05. The van der Waals surface area contributed by atoms with Crippen molar-refractivity contribution in [2.45, 2.75) is 18.3 Å². The maximum absolute atomic E-state index is 13.1. The zero-order chi connectivity index (χ0) is 17.3. The van der Waals surface area contributed by atoms with Gasteiger partial charge in [-0.3, -0.25) is 0 Å². The van der Waals surface area contributed by atoms with Gasteiger partial charge in [-0.15, -0.1) is 10.2 Å². The number of aromatic nitrogens is 2. The summed E-state index contributed by atoms with van der Waals surface area (Å²) in [7, 11) is 0. The van der Waals surface area contributed by atoms with Crippen LogP contribution in [-0.4, -0.2) is 23.4 Å². The van der Waals surface area contributed by atoms with Crippen LogP contribution in [0, 0.1) is 5.82 Å². The number of hydrogen-bond acceptors (Lipinski definition) is 4. The molecule has 1 aliphatic rings. The van der Waals surface area contributed by atoms with E-state index in [2.05, 4.69) is 10.2 Å². The molecular formula is C19H16ClFN2O2. The molecule has 2 aromatic carbocycles. The van der Waals surface area contributed by atoms with Crippen LogP contribution < -0.4 is 0 Å². The van der Waals surface area contributed by atoms with Crippen LogP contribution in [0.4, 0.5) is 4.39 Å². The predicted octanol–water partition coefficient (Wildman–Crippen LogP) is 4.63. The lowest BCUT2D eigenvalue weighted by Gasteiger charge is -2.34. The maximum atomic E-state index is 13.1. The Bertz CT molecular complexity index is 873. The van der Waals surface area contributed by atoms with Crippen LogP contribution in [0.1, 0.15) is 24.3 Å². The van der Waals surface area contributed by atoms with E-state index in [0.29, 0.717) is 35.6 Å². The quantitative estimate of drug-likeness (QED) is 0.685. The topological polar surface area (TPSA) is 48.2 Å². The molecule has 0 unspecified atom stereocenters. The van der Waals surface area contributed by atoms with E-state index in [9.17, 15) is 4.39 Å². The molecule has 0 atom stereocenters. The van der Waals surface area contributed by atoms with Crippen LogP contribution in [0.25, 0.3) is 11.5 Å². The Hall–Kier alpha value is -2.24. The first kappa shape index (κ1) is 16.2. The van der Waals surface area contributed by atoms with Gasteiger partial charge >= 0.3 is 0 Å². The van der Waals surface area contributed by atoms with Gasteiger partial charge in [-0.25, -0.2) is 4.39 Å². The Labute approximate surface area is 149 Å². The van der Waals surface area contributed by atoms with E-state index in [-0.39, 0.29) is 5.82 Å². The Morgan fingerprint density at radius 1 is 1.00 bits per heavy atom. The number of rotatable bonds is 3. The predicted molar refractivity (Wildman–Crippen MR) is 92.0 cm³/mol. The number of hydrogen-bond donors (Lipinski definition) is 0. The monoisotopic (exact) mass is 358 g/mol.